The van der Waals surface area contributed by atoms with Gasteiger partial charge >= 0.3 is 5.97 Å². The molecule has 0 aromatic carbocycles. The van der Waals surface area contributed by atoms with Crippen molar-refractivity contribution in [2.45, 2.75) is 19.8 Å². The number of hydrogen-bond acceptors (Lipinski definition) is 3. The van der Waals surface area contributed by atoms with Gasteiger partial charge in [-0.3, -0.25) is 4.79 Å². The van der Waals surface area contributed by atoms with E-state index >= 15 is 0 Å². The van der Waals surface area contributed by atoms with Crippen LogP contribution in [0.15, 0.2) is 0 Å². The van der Waals surface area contributed by atoms with Crippen molar-refractivity contribution in [1.82, 2.24) is 0 Å². The number of carbonyl (C=O) groups excluding carboxylic acids is 2. The van der Waals surface area contributed by atoms with Gasteiger partial charge in [0.15, 0.2) is 16.3 Å². The molecule has 0 rings (SSSR count). The molecule has 0 atom stereocenters. The summed E-state index contributed by atoms with van der Waals surface area (Å²) in [6.07, 6.45) is 0.408. The summed E-state index contributed by atoms with van der Waals surface area (Å²) in [5.74, 6) is -0.418. The minimum absolute atomic E-state index is 0.00657. The van der Waals surface area contributed by atoms with Crippen LogP contribution in [0.25, 0.3) is 0 Å². The van der Waals surface area contributed by atoms with Crippen molar-refractivity contribution in [1.29, 1.82) is 0 Å². The van der Waals surface area contributed by atoms with Crippen molar-refractivity contribution in [2.24, 2.45) is 0 Å². The Morgan fingerprint density at radius 1 is 1.44 bits per heavy atom. The van der Waals surface area contributed by atoms with E-state index in [0.29, 0.717) is 0 Å². The molecule has 0 unspecified atom stereocenters. The van der Waals surface area contributed by atoms with E-state index in [1.165, 1.54) is 6.92 Å². The lowest BCUT2D eigenvalue weighted by atomic mass is 10.2. The van der Waals surface area contributed by atoms with Crippen molar-refractivity contribution in [3.05, 3.63) is 0 Å². The molecule has 0 aliphatic carbocycles. The van der Waals surface area contributed by atoms with E-state index in [2.05, 4.69) is 20.1 Å². The molecule has 0 aliphatic heterocycles. The van der Waals surface area contributed by atoms with Crippen molar-refractivity contribution in [2.75, 3.05) is 0 Å². The van der Waals surface area contributed by atoms with Gasteiger partial charge in [-0.25, -0.2) is 0 Å². The third kappa shape index (κ3) is 5.49. The highest BCUT2D eigenvalue weighted by Crippen LogP contribution is 1.96. The normalized spacial score (nSPS) is 8.67. The second kappa shape index (κ2) is 4.49. The van der Waals surface area contributed by atoms with E-state index in [4.69, 9.17) is 0 Å². The Labute approximate surface area is 61.8 Å². The monoisotopic (exact) mass is 194 g/mol. The first-order valence-electron chi connectivity index (χ1n) is 2.47. The molecule has 0 aromatic heterocycles. The molecule has 9 heavy (non-hydrogen) atoms. The Morgan fingerprint density at radius 3 is 2.33 bits per heavy atom. The fraction of sp³-hybridized carbons (Fsp3) is 0.600. The second-order valence-electron chi connectivity index (χ2n) is 1.65. The van der Waals surface area contributed by atoms with Crippen LogP contribution in [0.3, 0.4) is 0 Å². The molecule has 0 radical (unpaired) electrons. The molecule has 0 aromatic rings. The summed E-state index contributed by atoms with van der Waals surface area (Å²) >= 11 is 2.50. The molecule has 0 amide bonds. The Balaban J connectivity index is 3.28. The van der Waals surface area contributed by atoms with E-state index in [0.717, 1.165) is 0 Å². The third-order valence-corrected chi connectivity index (χ3v) is 1.13. The second-order valence-corrected chi connectivity index (χ2v) is 1.97. The number of halogens is 1. The number of carbonyl (C=O) groups is 2. The van der Waals surface area contributed by atoms with Crippen LogP contribution in [-0.4, -0.2) is 11.8 Å². The number of ketones is 1. The minimum atomic E-state index is -0.412. The Bertz CT molecular complexity index is 121. The molecule has 3 nitrogen and oxygen atoms in total. The zero-order valence-corrected chi connectivity index (χ0v) is 6.60. The number of hydrogen-bond donors (Lipinski definition) is 0. The molecule has 0 saturated heterocycles. The summed E-state index contributed by atoms with van der Waals surface area (Å²) in [5, 5.41) is 0. The molecular formula is C5H7BrO3. The van der Waals surface area contributed by atoms with Crippen molar-refractivity contribution in [3.8, 4) is 0 Å². The zero-order valence-electron chi connectivity index (χ0n) is 5.02. The van der Waals surface area contributed by atoms with Crippen LogP contribution < -0.4 is 0 Å². The molecular weight excluding hydrogens is 188 g/mol. The summed E-state index contributed by atoms with van der Waals surface area (Å²) in [7, 11) is 0. The maximum atomic E-state index is 10.3. The van der Waals surface area contributed by atoms with Gasteiger partial charge in [0, 0.05) is 6.42 Å². The summed E-state index contributed by atoms with van der Waals surface area (Å²) in [6, 6.07) is 0. The zero-order chi connectivity index (χ0) is 7.28. The average Bonchev–Trinajstić information content (AvgIpc) is 1.83. The van der Waals surface area contributed by atoms with Crippen LogP contribution in [0, 0.1) is 0 Å². The van der Waals surface area contributed by atoms with Crippen LogP contribution >= 0.6 is 16.3 Å². The van der Waals surface area contributed by atoms with E-state index in [1.54, 1.807) is 0 Å². The Morgan fingerprint density at radius 2 is 2.00 bits per heavy atom. The van der Waals surface area contributed by atoms with Gasteiger partial charge in [0.25, 0.3) is 0 Å². The van der Waals surface area contributed by atoms with Crippen molar-refractivity contribution in [3.63, 3.8) is 0 Å². The highest BCUT2D eigenvalue weighted by molar-refractivity contribution is 9.06. The van der Waals surface area contributed by atoms with Crippen LogP contribution in [0.1, 0.15) is 19.8 Å². The first kappa shape index (κ1) is 8.62. The number of Topliss-reactive ketones (excluding diaryl/α,β-unsaturated/α-hetero) is 1. The lowest BCUT2D eigenvalue weighted by molar-refractivity contribution is -0.134. The molecule has 52 valence electrons. The van der Waals surface area contributed by atoms with Gasteiger partial charge in [-0.1, -0.05) is 0 Å². The fourth-order valence-corrected chi connectivity index (χ4v) is 0.479. The van der Waals surface area contributed by atoms with Crippen LogP contribution in [0.5, 0.6) is 0 Å². The Hall–Kier alpha value is -0.380. The van der Waals surface area contributed by atoms with Crippen molar-refractivity contribution < 1.29 is 13.4 Å². The van der Waals surface area contributed by atoms with Gasteiger partial charge in [-0.05, 0) is 6.92 Å². The van der Waals surface area contributed by atoms with Gasteiger partial charge in [0.2, 0.25) is 0 Å². The summed E-state index contributed by atoms with van der Waals surface area (Å²) in [6.45, 7) is 1.43. The first-order valence-corrected chi connectivity index (χ1v) is 3.12. The predicted octanol–water partition coefficient (Wildman–Crippen LogP) is 1.21. The topological polar surface area (TPSA) is 43.4 Å². The molecule has 0 saturated carbocycles. The maximum Gasteiger partial charge on any atom is 0.317 e. The van der Waals surface area contributed by atoms with Gasteiger partial charge in [-0.2, -0.15) is 0 Å². The van der Waals surface area contributed by atoms with Crippen LogP contribution in [0.2, 0.25) is 0 Å². The summed E-state index contributed by atoms with van der Waals surface area (Å²) < 4.78 is 4.12. The van der Waals surface area contributed by atoms with Gasteiger partial charge in [0.1, 0.15) is 5.78 Å². The Kier molecular flexibility index (Phi) is 4.30. The summed E-state index contributed by atoms with van der Waals surface area (Å²) in [4.78, 5) is 20.5. The van der Waals surface area contributed by atoms with Crippen LogP contribution in [0.4, 0.5) is 0 Å². The van der Waals surface area contributed by atoms with Crippen LogP contribution in [-0.2, 0) is 13.4 Å². The minimum Gasteiger partial charge on any atom is -0.384 e. The first-order chi connectivity index (χ1) is 4.16. The highest BCUT2D eigenvalue weighted by atomic mass is 79.9. The molecule has 4 heteroatoms. The van der Waals surface area contributed by atoms with E-state index in [-0.39, 0.29) is 18.6 Å². The highest BCUT2D eigenvalue weighted by Gasteiger charge is 2.01. The molecule has 0 heterocycles. The summed E-state index contributed by atoms with van der Waals surface area (Å²) in [5.41, 5.74) is 0. The largest absolute Gasteiger partial charge is 0.384 e. The molecule has 0 N–H and O–H groups in total. The number of rotatable bonds is 3. The fourth-order valence-electron chi connectivity index (χ4n) is 0.317. The van der Waals surface area contributed by atoms with Gasteiger partial charge in [0.05, 0.1) is 6.42 Å². The molecule has 0 bridgehead atoms. The predicted molar refractivity (Wildman–Crippen MR) is 34.9 cm³/mol. The third-order valence-electron chi connectivity index (χ3n) is 0.767. The SMILES string of the molecule is CC(=O)CCC(=O)OBr. The van der Waals surface area contributed by atoms with Gasteiger partial charge < -0.3 is 8.62 Å². The van der Waals surface area contributed by atoms with Crippen molar-refractivity contribution >= 4 is 28.0 Å². The average molecular weight is 195 g/mol. The van der Waals surface area contributed by atoms with E-state index in [1.807, 2.05) is 0 Å². The molecule has 0 fully saturated rings. The lowest BCUT2D eigenvalue weighted by Gasteiger charge is -1.90. The van der Waals surface area contributed by atoms with Gasteiger partial charge in [-0.15, -0.1) is 0 Å². The standard InChI is InChI=1S/C5H7BrO3/c1-4(7)2-3-5(8)9-6/h2-3H2,1H3. The smallest absolute Gasteiger partial charge is 0.317 e. The maximum absolute atomic E-state index is 10.3. The molecule has 0 spiro atoms. The lowest BCUT2D eigenvalue weighted by Crippen LogP contribution is -1.99. The quantitative estimate of drug-likeness (QED) is 0.679. The van der Waals surface area contributed by atoms with E-state index < -0.39 is 5.97 Å². The van der Waals surface area contributed by atoms with E-state index in [9.17, 15) is 9.59 Å². The molecule has 0 aliphatic rings.